The van der Waals surface area contributed by atoms with Gasteiger partial charge in [0.05, 0.1) is 6.10 Å². The lowest BCUT2D eigenvalue weighted by atomic mass is 9.65. The molecule has 124 valence electrons. The number of allylic oxidation sites excluding steroid dienone is 5. The Balaban J connectivity index is 2.16. The number of rotatable bonds is 1. The highest BCUT2D eigenvalue weighted by atomic mass is 16.3. The van der Waals surface area contributed by atoms with Crippen LogP contribution in [0.4, 0.5) is 0 Å². The van der Waals surface area contributed by atoms with Crippen LogP contribution in [0.2, 0.25) is 0 Å². The van der Waals surface area contributed by atoms with E-state index in [0.717, 1.165) is 27.9 Å². The highest BCUT2D eigenvalue weighted by Gasteiger charge is 2.50. The Labute approximate surface area is 138 Å². The molecule has 0 heterocycles. The molecule has 3 aliphatic rings. The maximum absolute atomic E-state index is 12.8. The zero-order valence-corrected chi connectivity index (χ0v) is 14.7. The van der Waals surface area contributed by atoms with Crippen molar-refractivity contribution in [3.63, 3.8) is 0 Å². The topological polar surface area (TPSA) is 54.4 Å². The van der Waals surface area contributed by atoms with Gasteiger partial charge in [-0.25, -0.2) is 0 Å². The molecule has 0 bridgehead atoms. The molecule has 0 saturated carbocycles. The monoisotopic (exact) mass is 314 g/mol. The first-order chi connectivity index (χ1) is 10.7. The molecule has 3 nitrogen and oxygen atoms in total. The minimum atomic E-state index is -0.587. The van der Waals surface area contributed by atoms with Crippen LogP contribution in [0.15, 0.2) is 33.9 Å². The Morgan fingerprint density at radius 1 is 1.22 bits per heavy atom. The van der Waals surface area contributed by atoms with E-state index in [1.807, 2.05) is 20.8 Å². The lowest BCUT2D eigenvalue weighted by Crippen LogP contribution is -2.36. The van der Waals surface area contributed by atoms with Gasteiger partial charge in [0.25, 0.3) is 0 Å². The number of hydrogen-bond donors (Lipinski definition) is 1. The second-order valence-electron chi connectivity index (χ2n) is 7.93. The molecule has 0 aliphatic heterocycles. The van der Waals surface area contributed by atoms with Gasteiger partial charge in [-0.05, 0) is 66.9 Å². The van der Waals surface area contributed by atoms with Gasteiger partial charge in [0.2, 0.25) is 0 Å². The van der Waals surface area contributed by atoms with Crippen molar-refractivity contribution in [3.8, 4) is 0 Å². The van der Waals surface area contributed by atoms with Crippen molar-refractivity contribution >= 4 is 11.6 Å². The van der Waals surface area contributed by atoms with Crippen LogP contribution in [0.5, 0.6) is 0 Å². The van der Waals surface area contributed by atoms with Gasteiger partial charge in [0, 0.05) is 11.8 Å². The average Bonchev–Trinajstić information content (AvgIpc) is 2.88. The fourth-order valence-electron chi connectivity index (χ4n) is 4.51. The quantitative estimate of drug-likeness (QED) is 0.805. The van der Waals surface area contributed by atoms with E-state index in [2.05, 4.69) is 13.8 Å². The summed E-state index contributed by atoms with van der Waals surface area (Å²) in [5.41, 5.74) is 4.29. The summed E-state index contributed by atoms with van der Waals surface area (Å²) in [6.45, 7) is 10.0. The second kappa shape index (κ2) is 5.27. The summed E-state index contributed by atoms with van der Waals surface area (Å²) in [4.78, 5) is 25.0. The van der Waals surface area contributed by atoms with Gasteiger partial charge < -0.3 is 5.11 Å². The van der Waals surface area contributed by atoms with Crippen molar-refractivity contribution in [1.82, 2.24) is 0 Å². The predicted molar refractivity (Wildman–Crippen MR) is 89.8 cm³/mol. The highest BCUT2D eigenvalue weighted by molar-refractivity contribution is 6.04. The number of Topliss-reactive ketones (excluding diaryl/α,β-unsaturated/α-hetero) is 1. The van der Waals surface area contributed by atoms with Crippen LogP contribution in [0.3, 0.4) is 0 Å². The summed E-state index contributed by atoms with van der Waals surface area (Å²) in [6.07, 6.45) is 2.78. The number of carbonyl (C=O) groups is 2. The first-order valence-corrected chi connectivity index (χ1v) is 8.53. The number of ketones is 2. The molecule has 0 aromatic heterocycles. The standard InChI is InChI=1S/C20H26O3/c1-10(2)13-7-19(23)20(5)9-15-12(4)17(21)6-14(15)11(3)18(22)8-16(13)20/h7,10,16,18,22H,6,8-9H2,1-5H3/b14-11-/t16?,18?,20-/m0/s1. The van der Waals surface area contributed by atoms with Crippen molar-refractivity contribution in [3.05, 3.63) is 33.9 Å². The molecule has 3 atom stereocenters. The van der Waals surface area contributed by atoms with Gasteiger partial charge in [0.15, 0.2) is 11.6 Å². The maximum Gasteiger partial charge on any atom is 0.163 e. The van der Waals surface area contributed by atoms with Gasteiger partial charge in [-0.1, -0.05) is 26.3 Å². The highest BCUT2D eigenvalue weighted by Crippen LogP contribution is 2.53. The molecule has 3 aliphatic carbocycles. The predicted octanol–water partition coefficient (Wildman–Crippen LogP) is 3.53. The Morgan fingerprint density at radius 2 is 1.87 bits per heavy atom. The molecule has 3 rings (SSSR count). The third-order valence-corrected chi connectivity index (χ3v) is 6.25. The Kier molecular flexibility index (Phi) is 3.75. The molecule has 23 heavy (non-hydrogen) atoms. The minimum Gasteiger partial charge on any atom is -0.389 e. The lowest BCUT2D eigenvalue weighted by molar-refractivity contribution is -0.124. The van der Waals surface area contributed by atoms with E-state index in [0.29, 0.717) is 25.2 Å². The smallest absolute Gasteiger partial charge is 0.163 e. The fourth-order valence-corrected chi connectivity index (χ4v) is 4.51. The molecule has 0 saturated heterocycles. The summed E-state index contributed by atoms with van der Waals surface area (Å²) in [7, 11) is 0. The van der Waals surface area contributed by atoms with Gasteiger partial charge in [0.1, 0.15) is 0 Å². The number of carbonyl (C=O) groups excluding carboxylic acids is 2. The molecule has 2 unspecified atom stereocenters. The number of aliphatic hydroxyl groups is 1. The van der Waals surface area contributed by atoms with Gasteiger partial charge >= 0.3 is 0 Å². The molecule has 3 heteroatoms. The molecule has 0 aromatic rings. The SMILES string of the molecule is CC1=C2C[C@]3(C)C(=O)C=C(C(C)C)C3CC(O)/C(C)=C\2CC1=O. The summed E-state index contributed by atoms with van der Waals surface area (Å²) in [5, 5.41) is 10.7. The maximum atomic E-state index is 12.8. The van der Waals surface area contributed by atoms with Crippen LogP contribution < -0.4 is 0 Å². The van der Waals surface area contributed by atoms with E-state index in [-0.39, 0.29) is 17.5 Å². The molecule has 0 spiro atoms. The molecular formula is C20H26O3. The molecule has 1 N–H and O–H groups in total. The average molecular weight is 314 g/mol. The summed E-state index contributed by atoms with van der Waals surface area (Å²) >= 11 is 0. The number of hydrogen-bond acceptors (Lipinski definition) is 3. The van der Waals surface area contributed by atoms with E-state index < -0.39 is 11.5 Å². The third-order valence-electron chi connectivity index (χ3n) is 6.25. The largest absolute Gasteiger partial charge is 0.389 e. The first kappa shape index (κ1) is 16.4. The minimum absolute atomic E-state index is 0.0532. The van der Waals surface area contributed by atoms with E-state index in [1.54, 1.807) is 6.08 Å². The second-order valence-corrected chi connectivity index (χ2v) is 7.93. The lowest BCUT2D eigenvalue weighted by Gasteiger charge is -2.38. The van der Waals surface area contributed by atoms with Gasteiger partial charge in [-0.15, -0.1) is 0 Å². The molecule has 0 amide bonds. The summed E-state index contributed by atoms with van der Waals surface area (Å²) in [5.74, 6) is 0.627. The van der Waals surface area contributed by atoms with E-state index >= 15 is 0 Å². The fraction of sp³-hybridized carbons (Fsp3) is 0.600. The van der Waals surface area contributed by atoms with Crippen molar-refractivity contribution < 1.29 is 14.7 Å². The van der Waals surface area contributed by atoms with Crippen LogP contribution in [-0.4, -0.2) is 22.8 Å². The Morgan fingerprint density at radius 3 is 2.48 bits per heavy atom. The van der Waals surface area contributed by atoms with Gasteiger partial charge in [-0.2, -0.15) is 0 Å². The third kappa shape index (κ3) is 2.28. The Bertz CT molecular complexity index is 690. The van der Waals surface area contributed by atoms with Crippen LogP contribution in [0.25, 0.3) is 0 Å². The van der Waals surface area contributed by atoms with Crippen LogP contribution in [0.1, 0.15) is 53.9 Å². The zero-order valence-electron chi connectivity index (χ0n) is 14.7. The van der Waals surface area contributed by atoms with Crippen molar-refractivity contribution in [2.45, 2.75) is 60.0 Å². The van der Waals surface area contributed by atoms with E-state index in [4.69, 9.17) is 0 Å². The Hall–Kier alpha value is -1.48. The number of aliphatic hydroxyl groups excluding tert-OH is 1. The van der Waals surface area contributed by atoms with Crippen molar-refractivity contribution in [2.24, 2.45) is 17.3 Å². The van der Waals surface area contributed by atoms with Crippen LogP contribution >= 0.6 is 0 Å². The van der Waals surface area contributed by atoms with Crippen molar-refractivity contribution in [1.29, 1.82) is 0 Å². The first-order valence-electron chi connectivity index (χ1n) is 8.53. The molecule has 0 radical (unpaired) electrons. The zero-order chi connectivity index (χ0) is 17.1. The van der Waals surface area contributed by atoms with Crippen molar-refractivity contribution in [2.75, 3.05) is 0 Å². The van der Waals surface area contributed by atoms with Crippen LogP contribution in [0, 0.1) is 17.3 Å². The number of fused-ring (bicyclic) bond motifs is 2. The molecule has 0 fully saturated rings. The normalized spacial score (nSPS) is 37.8. The summed E-state index contributed by atoms with van der Waals surface area (Å²) in [6, 6.07) is 0. The summed E-state index contributed by atoms with van der Waals surface area (Å²) < 4.78 is 0. The molecular weight excluding hydrogens is 288 g/mol. The van der Waals surface area contributed by atoms with Gasteiger partial charge in [-0.3, -0.25) is 9.59 Å². The van der Waals surface area contributed by atoms with E-state index in [9.17, 15) is 14.7 Å². The molecule has 0 aromatic carbocycles. The van der Waals surface area contributed by atoms with Crippen LogP contribution in [-0.2, 0) is 9.59 Å². The van der Waals surface area contributed by atoms with E-state index in [1.165, 1.54) is 0 Å².